The molecule has 0 fully saturated rings. The normalized spacial score (nSPS) is 9.75. The second-order valence-electron chi connectivity index (χ2n) is 2.61. The van der Waals surface area contributed by atoms with Crippen LogP contribution in [0.2, 0.25) is 0 Å². The summed E-state index contributed by atoms with van der Waals surface area (Å²) in [4.78, 5) is 0. The van der Waals surface area contributed by atoms with Crippen molar-refractivity contribution in [3.05, 3.63) is 35.9 Å². The molecule has 0 unspecified atom stereocenters. The Morgan fingerprint density at radius 1 is 1.33 bits per heavy atom. The molecule has 0 saturated heterocycles. The number of thioether (sulfide) groups is 1. The van der Waals surface area contributed by atoms with Gasteiger partial charge < -0.3 is 0 Å². The monoisotopic (exact) mass is 179 g/mol. The number of benzene rings is 1. The van der Waals surface area contributed by atoms with Crippen molar-refractivity contribution in [3.63, 3.8) is 0 Å². The van der Waals surface area contributed by atoms with E-state index < -0.39 is 0 Å². The van der Waals surface area contributed by atoms with Crippen LogP contribution in [-0.2, 0) is 6.42 Å². The van der Waals surface area contributed by atoms with Crippen LogP contribution in [0.15, 0.2) is 30.3 Å². The molecule has 64 valence electrons. The lowest BCUT2D eigenvalue weighted by Gasteiger charge is -1.99. The molecular weight excluding hydrogens is 166 g/mol. The second-order valence-corrected chi connectivity index (χ2v) is 3.51. The van der Waals surface area contributed by atoms with Crippen LogP contribution in [0.1, 0.15) is 12.0 Å². The number of hydrogen-bond donors (Lipinski definition) is 1. The molecule has 1 aromatic carbocycles. The molecule has 1 nitrogen and oxygen atoms in total. The molecule has 0 spiro atoms. The van der Waals surface area contributed by atoms with Gasteiger partial charge in [0.05, 0.1) is 5.04 Å². The van der Waals surface area contributed by atoms with Gasteiger partial charge in [0.2, 0.25) is 0 Å². The van der Waals surface area contributed by atoms with E-state index in [4.69, 9.17) is 5.41 Å². The minimum Gasteiger partial charge on any atom is -0.298 e. The van der Waals surface area contributed by atoms with Gasteiger partial charge in [-0.1, -0.05) is 30.3 Å². The van der Waals surface area contributed by atoms with Crippen molar-refractivity contribution < 1.29 is 0 Å². The minimum absolute atomic E-state index is 0.763. The number of rotatable bonds is 3. The predicted octanol–water partition coefficient (Wildman–Crippen LogP) is 2.96. The van der Waals surface area contributed by atoms with Crippen molar-refractivity contribution in [2.75, 3.05) is 6.26 Å². The van der Waals surface area contributed by atoms with Crippen LogP contribution in [-0.4, -0.2) is 11.3 Å². The summed E-state index contributed by atoms with van der Waals surface area (Å²) in [6.45, 7) is 0. The Labute approximate surface area is 77.7 Å². The molecule has 1 rings (SSSR count). The summed E-state index contributed by atoms with van der Waals surface area (Å²) < 4.78 is 0. The maximum absolute atomic E-state index is 7.45. The van der Waals surface area contributed by atoms with Gasteiger partial charge in [-0.25, -0.2) is 0 Å². The summed E-state index contributed by atoms with van der Waals surface area (Å²) in [5.41, 5.74) is 1.32. The van der Waals surface area contributed by atoms with Gasteiger partial charge in [-0.3, -0.25) is 5.41 Å². The Balaban J connectivity index is 2.38. The van der Waals surface area contributed by atoms with E-state index >= 15 is 0 Å². The van der Waals surface area contributed by atoms with E-state index in [1.165, 1.54) is 17.3 Å². The first-order valence-corrected chi connectivity index (χ1v) is 5.20. The second kappa shape index (κ2) is 4.99. The summed E-state index contributed by atoms with van der Waals surface area (Å²) in [5, 5.41) is 8.21. The molecule has 0 aromatic heterocycles. The number of hydrogen-bond acceptors (Lipinski definition) is 2. The molecule has 0 atom stereocenters. The predicted molar refractivity (Wildman–Crippen MR) is 56.0 cm³/mol. The van der Waals surface area contributed by atoms with E-state index in [9.17, 15) is 0 Å². The zero-order chi connectivity index (χ0) is 8.81. The van der Waals surface area contributed by atoms with E-state index in [1.54, 1.807) is 0 Å². The lowest BCUT2D eigenvalue weighted by molar-refractivity contribution is 1.04. The van der Waals surface area contributed by atoms with Gasteiger partial charge in [0.1, 0.15) is 0 Å². The zero-order valence-corrected chi connectivity index (χ0v) is 8.03. The molecule has 2 heteroatoms. The molecule has 1 N–H and O–H groups in total. The Morgan fingerprint density at radius 2 is 2.00 bits per heavy atom. The van der Waals surface area contributed by atoms with E-state index in [0.29, 0.717) is 0 Å². The van der Waals surface area contributed by atoms with Gasteiger partial charge in [-0.05, 0) is 24.7 Å². The minimum atomic E-state index is 0.763. The maximum Gasteiger partial charge on any atom is 0.0642 e. The van der Waals surface area contributed by atoms with E-state index in [0.717, 1.165) is 17.9 Å². The van der Waals surface area contributed by atoms with Crippen LogP contribution >= 0.6 is 11.8 Å². The molecule has 0 aliphatic rings. The molecule has 1 aromatic rings. The molecule has 0 aliphatic heterocycles. The molecule has 0 radical (unpaired) electrons. The number of aryl methyl sites for hydroxylation is 1. The summed E-state index contributed by atoms with van der Waals surface area (Å²) >= 11 is 1.53. The Bertz CT molecular complexity index is 243. The van der Waals surface area contributed by atoms with Gasteiger partial charge in [-0.15, -0.1) is 11.8 Å². The quantitative estimate of drug-likeness (QED) is 0.559. The van der Waals surface area contributed by atoms with Crippen molar-refractivity contribution in [3.8, 4) is 0 Å². The number of nitrogens with one attached hydrogen (secondary N) is 1. The fraction of sp³-hybridized carbons (Fsp3) is 0.300. The van der Waals surface area contributed by atoms with Gasteiger partial charge in [0, 0.05) is 0 Å². The van der Waals surface area contributed by atoms with Gasteiger partial charge >= 0.3 is 0 Å². The third-order valence-electron chi connectivity index (χ3n) is 1.73. The Kier molecular flexibility index (Phi) is 3.88. The molecule has 12 heavy (non-hydrogen) atoms. The summed E-state index contributed by atoms with van der Waals surface area (Å²) in [5.74, 6) is 0. The van der Waals surface area contributed by atoms with Crippen molar-refractivity contribution in [1.29, 1.82) is 5.41 Å². The molecule has 0 amide bonds. The van der Waals surface area contributed by atoms with Crippen LogP contribution < -0.4 is 0 Å². The Morgan fingerprint density at radius 3 is 2.58 bits per heavy atom. The van der Waals surface area contributed by atoms with E-state index in [1.807, 2.05) is 24.5 Å². The first-order valence-electron chi connectivity index (χ1n) is 3.98. The summed E-state index contributed by atoms with van der Waals surface area (Å²) in [6, 6.07) is 10.3. The van der Waals surface area contributed by atoms with Gasteiger partial charge in [-0.2, -0.15) is 0 Å². The van der Waals surface area contributed by atoms with Crippen LogP contribution in [0.3, 0.4) is 0 Å². The first-order chi connectivity index (χ1) is 5.83. The fourth-order valence-electron chi connectivity index (χ4n) is 1.00. The highest BCUT2D eigenvalue weighted by Crippen LogP contribution is 2.07. The van der Waals surface area contributed by atoms with Crippen LogP contribution in [0.4, 0.5) is 0 Å². The summed E-state index contributed by atoms with van der Waals surface area (Å²) in [7, 11) is 0. The molecular formula is C10H13NS. The smallest absolute Gasteiger partial charge is 0.0642 e. The first kappa shape index (κ1) is 9.33. The molecule has 0 bridgehead atoms. The SMILES string of the molecule is CSC(=N)CCc1ccccc1. The largest absolute Gasteiger partial charge is 0.298 e. The Hall–Kier alpha value is -0.760. The summed E-state index contributed by atoms with van der Waals surface area (Å²) in [6.07, 6.45) is 3.80. The molecule has 0 heterocycles. The fourth-order valence-corrected chi connectivity index (χ4v) is 1.31. The van der Waals surface area contributed by atoms with Crippen LogP contribution in [0.5, 0.6) is 0 Å². The van der Waals surface area contributed by atoms with Crippen LogP contribution in [0.25, 0.3) is 0 Å². The molecule has 0 saturated carbocycles. The van der Waals surface area contributed by atoms with E-state index in [-0.39, 0.29) is 0 Å². The lowest BCUT2D eigenvalue weighted by atomic mass is 10.1. The van der Waals surface area contributed by atoms with Crippen molar-refractivity contribution in [2.24, 2.45) is 0 Å². The van der Waals surface area contributed by atoms with Crippen molar-refractivity contribution >= 4 is 16.8 Å². The lowest BCUT2D eigenvalue weighted by Crippen LogP contribution is -1.92. The average molecular weight is 179 g/mol. The van der Waals surface area contributed by atoms with E-state index in [2.05, 4.69) is 12.1 Å². The standard InChI is InChI=1S/C10H13NS/c1-12-10(11)8-7-9-5-3-2-4-6-9/h2-6,11H,7-8H2,1H3. The molecule has 0 aliphatic carbocycles. The van der Waals surface area contributed by atoms with Gasteiger partial charge in [0.25, 0.3) is 0 Å². The maximum atomic E-state index is 7.45. The highest BCUT2D eigenvalue weighted by Gasteiger charge is 1.95. The zero-order valence-electron chi connectivity index (χ0n) is 7.21. The topological polar surface area (TPSA) is 23.9 Å². The highest BCUT2D eigenvalue weighted by atomic mass is 32.2. The average Bonchev–Trinajstić information content (AvgIpc) is 2.16. The third-order valence-corrected chi connectivity index (χ3v) is 2.43. The van der Waals surface area contributed by atoms with Gasteiger partial charge in [0.15, 0.2) is 0 Å². The van der Waals surface area contributed by atoms with Crippen molar-refractivity contribution in [1.82, 2.24) is 0 Å². The third kappa shape index (κ3) is 3.09. The van der Waals surface area contributed by atoms with Crippen molar-refractivity contribution in [2.45, 2.75) is 12.8 Å². The highest BCUT2D eigenvalue weighted by molar-refractivity contribution is 8.13. The van der Waals surface area contributed by atoms with Crippen LogP contribution in [0, 0.1) is 5.41 Å².